The lowest BCUT2D eigenvalue weighted by molar-refractivity contribution is -0.119. The lowest BCUT2D eigenvalue weighted by atomic mass is 9.95. The summed E-state index contributed by atoms with van der Waals surface area (Å²) in [7, 11) is 1.80. The van der Waals surface area contributed by atoms with Crippen LogP contribution in [0.4, 0.5) is 0 Å². The van der Waals surface area contributed by atoms with Crippen molar-refractivity contribution in [2.24, 2.45) is 16.6 Å². The first-order valence-corrected chi connectivity index (χ1v) is 9.12. The number of nitrogens with one attached hydrogen (secondary N) is 1. The fourth-order valence-electron chi connectivity index (χ4n) is 3.41. The summed E-state index contributed by atoms with van der Waals surface area (Å²) in [5.74, 6) is 1.03. The number of nitrogens with zero attached hydrogens (tertiary/aromatic N) is 2. The van der Waals surface area contributed by atoms with Gasteiger partial charge in [-0.05, 0) is 38.0 Å². The second-order valence-corrected chi connectivity index (χ2v) is 6.66. The molecule has 0 spiro atoms. The molecule has 2 unspecified atom stereocenters. The molecular weight excluding hydrogens is 435 g/mol. The fourth-order valence-corrected chi connectivity index (χ4v) is 3.41. The number of primary amides is 1. The van der Waals surface area contributed by atoms with Crippen LogP contribution in [0, 0.1) is 5.92 Å². The molecule has 2 rings (SSSR count). The largest absolute Gasteiger partial charge is 0.379 e. The molecule has 0 bridgehead atoms. The summed E-state index contributed by atoms with van der Waals surface area (Å²) < 4.78 is 11.2. The van der Waals surface area contributed by atoms with E-state index < -0.39 is 0 Å². The number of nitrogens with two attached hydrogens (primary N) is 1. The average molecular weight is 468 g/mol. The second kappa shape index (κ2) is 12.7. The Balaban J connectivity index is 0.00000312. The van der Waals surface area contributed by atoms with Crippen LogP contribution in [0.2, 0.25) is 0 Å². The number of carbonyl (C=O) groups is 1. The minimum Gasteiger partial charge on any atom is -0.379 e. The van der Waals surface area contributed by atoms with Gasteiger partial charge in [-0.1, -0.05) is 0 Å². The molecule has 1 amide bonds. The highest BCUT2D eigenvalue weighted by atomic mass is 127. The number of ether oxygens (including phenoxy) is 2. The maximum Gasteiger partial charge on any atom is 0.217 e. The van der Waals surface area contributed by atoms with Crippen LogP contribution in [-0.4, -0.2) is 69.4 Å². The molecule has 25 heavy (non-hydrogen) atoms. The number of halogens is 1. The Morgan fingerprint density at radius 2 is 2.24 bits per heavy atom. The van der Waals surface area contributed by atoms with Crippen molar-refractivity contribution in [3.63, 3.8) is 0 Å². The van der Waals surface area contributed by atoms with Crippen molar-refractivity contribution in [1.29, 1.82) is 0 Å². The number of guanidine groups is 1. The predicted molar refractivity (Wildman–Crippen MR) is 109 cm³/mol. The van der Waals surface area contributed by atoms with Gasteiger partial charge in [0.15, 0.2) is 5.96 Å². The van der Waals surface area contributed by atoms with Crippen molar-refractivity contribution in [2.75, 3.05) is 46.5 Å². The van der Waals surface area contributed by atoms with E-state index in [0.29, 0.717) is 25.0 Å². The minimum atomic E-state index is -0.215. The van der Waals surface area contributed by atoms with Crippen LogP contribution < -0.4 is 11.1 Å². The Morgan fingerprint density at radius 1 is 1.40 bits per heavy atom. The van der Waals surface area contributed by atoms with Crippen molar-refractivity contribution in [1.82, 2.24) is 10.2 Å². The van der Waals surface area contributed by atoms with E-state index in [1.54, 1.807) is 7.05 Å². The van der Waals surface area contributed by atoms with Gasteiger partial charge in [0, 0.05) is 46.3 Å². The predicted octanol–water partition coefficient (Wildman–Crippen LogP) is 1.35. The summed E-state index contributed by atoms with van der Waals surface area (Å²) >= 11 is 0. The first kappa shape index (κ1) is 22.4. The molecule has 2 fully saturated rings. The zero-order valence-electron chi connectivity index (χ0n) is 15.2. The SMILES string of the molecule is CN=C(NCCCOCC1CCCO1)N1CCCC(CC(N)=O)C1.I. The normalized spacial score (nSPS) is 24.0. The molecule has 2 atom stereocenters. The summed E-state index contributed by atoms with van der Waals surface area (Å²) in [6.45, 7) is 4.96. The summed E-state index contributed by atoms with van der Waals surface area (Å²) in [5, 5.41) is 3.39. The topological polar surface area (TPSA) is 89.2 Å². The fraction of sp³-hybridized carbons (Fsp3) is 0.882. The Labute approximate surface area is 168 Å². The van der Waals surface area contributed by atoms with Crippen molar-refractivity contribution in [2.45, 2.75) is 44.6 Å². The van der Waals surface area contributed by atoms with Crippen molar-refractivity contribution >= 4 is 35.8 Å². The van der Waals surface area contributed by atoms with Gasteiger partial charge in [-0.15, -0.1) is 24.0 Å². The first-order valence-electron chi connectivity index (χ1n) is 9.12. The van der Waals surface area contributed by atoms with Crippen LogP contribution in [0.3, 0.4) is 0 Å². The van der Waals surface area contributed by atoms with Gasteiger partial charge in [-0.2, -0.15) is 0 Å². The van der Waals surface area contributed by atoms with E-state index in [2.05, 4.69) is 15.2 Å². The lowest BCUT2D eigenvalue weighted by Gasteiger charge is -2.34. The molecule has 2 saturated heterocycles. The molecule has 0 aromatic rings. The van der Waals surface area contributed by atoms with Gasteiger partial charge in [0.05, 0.1) is 12.7 Å². The number of rotatable bonds is 8. The number of hydrogen-bond donors (Lipinski definition) is 2. The monoisotopic (exact) mass is 468 g/mol. The Morgan fingerprint density at radius 3 is 2.92 bits per heavy atom. The van der Waals surface area contributed by atoms with Gasteiger partial charge in [-0.25, -0.2) is 0 Å². The first-order chi connectivity index (χ1) is 11.7. The number of amides is 1. The smallest absolute Gasteiger partial charge is 0.217 e. The number of carbonyl (C=O) groups excluding carboxylic acids is 1. The molecule has 0 radical (unpaired) electrons. The van der Waals surface area contributed by atoms with Crippen LogP contribution in [0.1, 0.15) is 38.5 Å². The zero-order valence-corrected chi connectivity index (χ0v) is 17.6. The van der Waals surface area contributed by atoms with Gasteiger partial charge in [0.1, 0.15) is 0 Å². The van der Waals surface area contributed by atoms with Gasteiger partial charge in [0.2, 0.25) is 5.91 Å². The lowest BCUT2D eigenvalue weighted by Crippen LogP contribution is -2.47. The number of aliphatic imine (C=N–C) groups is 1. The van der Waals surface area contributed by atoms with Crippen LogP contribution >= 0.6 is 24.0 Å². The third-order valence-electron chi connectivity index (χ3n) is 4.60. The minimum absolute atomic E-state index is 0. The highest BCUT2D eigenvalue weighted by Crippen LogP contribution is 2.19. The zero-order chi connectivity index (χ0) is 17.2. The molecule has 0 aromatic heterocycles. The Bertz CT molecular complexity index is 417. The van der Waals surface area contributed by atoms with Gasteiger partial charge in [-0.3, -0.25) is 9.79 Å². The molecule has 0 saturated carbocycles. The van der Waals surface area contributed by atoms with E-state index in [1.807, 2.05) is 0 Å². The molecule has 2 aliphatic rings. The molecular formula is C17H33IN4O3. The van der Waals surface area contributed by atoms with E-state index in [0.717, 1.165) is 70.9 Å². The quantitative estimate of drug-likeness (QED) is 0.243. The highest BCUT2D eigenvalue weighted by molar-refractivity contribution is 14.0. The second-order valence-electron chi connectivity index (χ2n) is 6.66. The van der Waals surface area contributed by atoms with E-state index in [9.17, 15) is 4.79 Å². The van der Waals surface area contributed by atoms with E-state index in [-0.39, 0.29) is 29.9 Å². The van der Waals surface area contributed by atoms with Crippen molar-refractivity contribution < 1.29 is 14.3 Å². The Hall–Kier alpha value is -0.610. The van der Waals surface area contributed by atoms with Gasteiger partial charge in [0.25, 0.3) is 0 Å². The van der Waals surface area contributed by atoms with Gasteiger partial charge < -0.3 is 25.4 Å². The van der Waals surface area contributed by atoms with Crippen LogP contribution in [0.5, 0.6) is 0 Å². The van der Waals surface area contributed by atoms with E-state index in [4.69, 9.17) is 15.2 Å². The third-order valence-corrected chi connectivity index (χ3v) is 4.60. The molecule has 2 heterocycles. The molecule has 3 N–H and O–H groups in total. The van der Waals surface area contributed by atoms with Crippen molar-refractivity contribution in [3.8, 4) is 0 Å². The molecule has 0 aliphatic carbocycles. The standard InChI is InChI=1S/C17H32N4O3.HI/c1-19-17(21-8-2-5-14(12-21)11-16(18)22)20-7-4-9-23-13-15-6-3-10-24-15;/h14-15H,2-13H2,1H3,(H2,18,22)(H,19,20);1H. The maximum absolute atomic E-state index is 11.1. The molecule has 0 aromatic carbocycles. The molecule has 146 valence electrons. The molecule has 8 heteroatoms. The Kier molecular flexibility index (Phi) is 11.4. The van der Waals surface area contributed by atoms with Crippen LogP contribution in [0.15, 0.2) is 4.99 Å². The maximum atomic E-state index is 11.1. The average Bonchev–Trinajstić information content (AvgIpc) is 3.07. The summed E-state index contributed by atoms with van der Waals surface area (Å²) in [4.78, 5) is 17.7. The molecule has 7 nitrogen and oxygen atoms in total. The third kappa shape index (κ3) is 8.54. The number of likely N-dealkylation sites (tertiary alicyclic amines) is 1. The number of hydrogen-bond acceptors (Lipinski definition) is 4. The highest BCUT2D eigenvalue weighted by Gasteiger charge is 2.23. The summed E-state index contributed by atoms with van der Waals surface area (Å²) in [6.07, 6.45) is 6.09. The van der Waals surface area contributed by atoms with Gasteiger partial charge >= 0.3 is 0 Å². The van der Waals surface area contributed by atoms with Crippen LogP contribution in [0.25, 0.3) is 0 Å². The molecule has 2 aliphatic heterocycles. The van der Waals surface area contributed by atoms with E-state index >= 15 is 0 Å². The number of piperidine rings is 1. The van der Waals surface area contributed by atoms with E-state index in [1.165, 1.54) is 0 Å². The van der Waals surface area contributed by atoms with Crippen LogP contribution in [-0.2, 0) is 14.3 Å². The summed E-state index contributed by atoms with van der Waals surface area (Å²) in [6, 6.07) is 0. The van der Waals surface area contributed by atoms with Crippen molar-refractivity contribution in [3.05, 3.63) is 0 Å². The summed E-state index contributed by atoms with van der Waals surface area (Å²) in [5.41, 5.74) is 5.32.